The number of nitrogens with zero attached hydrogens (tertiary/aromatic N) is 30. The van der Waals surface area contributed by atoms with E-state index in [2.05, 4.69) is 148 Å². The highest BCUT2D eigenvalue weighted by Gasteiger charge is 2.47. The van der Waals surface area contributed by atoms with Crippen molar-refractivity contribution in [3.63, 3.8) is 0 Å². The van der Waals surface area contributed by atoms with Crippen molar-refractivity contribution in [3.05, 3.63) is 182 Å². The molecular formula is C86H91F10N35O2. The fraction of sp³-hybridized carbons (Fsp3) is 0.419. The van der Waals surface area contributed by atoms with Gasteiger partial charge in [0.15, 0.2) is 28.2 Å². The number of alkyl halides is 10. The lowest BCUT2D eigenvalue weighted by Gasteiger charge is -2.53. The van der Waals surface area contributed by atoms with Gasteiger partial charge < -0.3 is 61.4 Å². The topological polar surface area (TPSA) is 403 Å². The molecule has 8 aliphatic rings. The normalized spacial score (nSPS) is 20.0. The Morgan fingerprint density at radius 3 is 1.17 bits per heavy atom. The molecular weight excluding hydrogens is 1750 g/mol. The van der Waals surface area contributed by atoms with Gasteiger partial charge in [0.1, 0.15) is 123 Å². The molecule has 8 saturated heterocycles. The first-order valence-electron chi connectivity index (χ1n) is 43.6. The molecule has 8 fully saturated rings. The number of nitrogens with one attached hydrogen (secondary N) is 3. The van der Waals surface area contributed by atoms with Crippen LogP contribution in [-0.2, 0) is 9.47 Å². The molecule has 37 nitrogen and oxygen atoms in total. The highest BCUT2D eigenvalue weighted by atomic mass is 19.3. The molecule has 0 saturated carbocycles. The van der Waals surface area contributed by atoms with Crippen LogP contribution in [0.1, 0.15) is 112 Å². The number of hydrogen-bond acceptors (Lipinski definition) is 32. The number of anilines is 5. The lowest BCUT2D eigenvalue weighted by Crippen LogP contribution is -2.70. The van der Waals surface area contributed by atoms with Crippen molar-refractivity contribution < 1.29 is 53.4 Å². The molecule has 23 heterocycles. The number of aromatic nitrogens is 25. The van der Waals surface area contributed by atoms with Crippen LogP contribution in [0, 0.1) is 5.41 Å². The summed E-state index contributed by atoms with van der Waals surface area (Å²) in [6, 6.07) is 24.0. The van der Waals surface area contributed by atoms with Crippen LogP contribution >= 0.6 is 0 Å². The summed E-state index contributed by atoms with van der Waals surface area (Å²) < 4.78 is 149. The van der Waals surface area contributed by atoms with Gasteiger partial charge in [-0.15, -0.1) is 0 Å². The second-order valence-electron chi connectivity index (χ2n) is 33.7. The first kappa shape index (κ1) is 88.8. The van der Waals surface area contributed by atoms with Gasteiger partial charge in [-0.1, -0.05) is 0 Å². The standard InChI is InChI=1S/C18H19F2N7O.C18H19F2N7.C17H17F2N7O.C17H19F2N7.C16H17F2N7/c19-18(20)11-1-2-16-22-8-14(27(16)25-11)12-7-17(24-10-23-12)26-5-6-28-15-9-21-4-3-13(15)26;19-17(20)12-2-3-15-22-7-14(27(15)25-12)13-6-16(24-11-23-13)26-9-18(10-26)4-1-5-21-8-18;18-16(19)11-1-2-14-21-6-13(26(14)24-11)12-5-15(23-10-22-12)25-8-17(9-25)7-20-3-4-27-17;1-10-2-3-11(20)8-25(10)16-6-13(22-9-23-16)14-7-21-15-5-4-12(17(18)19)24-26(14)15;17-16(18)11-3-4-14-20-7-13(25(14)23-11)12-6-15(22-9-21-12)24-5-1-2-10(19)8-24/h1-2,7-8,10,13,15,18,21H,3-6,9H2;2-3,6-7,11,17,21H,1,4-5,8-10H2;1-2,5-6,10,16,20H,3-4,7-9H2;4-7,9-11,17H,2-3,8,20H2,1H3;3-4,6-7,9-10,16H,1-2,5,8,19H2/t;;;;10-/m....0/s1. The van der Waals surface area contributed by atoms with E-state index in [-0.39, 0.29) is 58.3 Å². The number of ether oxygens (including phenoxy) is 2. The number of hydrogen-bond donors (Lipinski definition) is 5. The van der Waals surface area contributed by atoms with E-state index in [4.69, 9.17) is 20.9 Å². The van der Waals surface area contributed by atoms with E-state index in [1.807, 2.05) is 30.3 Å². The Hall–Kier alpha value is -13.5. The molecule has 7 N–H and O–H groups in total. The highest BCUT2D eigenvalue weighted by molar-refractivity contribution is 5.68. The van der Waals surface area contributed by atoms with Gasteiger partial charge in [-0.05, 0) is 126 Å². The second kappa shape index (κ2) is 38.4. The monoisotopic (exact) mass is 1840 g/mol. The zero-order valence-electron chi connectivity index (χ0n) is 71.6. The SMILES string of the molecule is CC1CCC(N)CN1c1cc(-c2cnc3ccc(C(F)F)nn23)ncn1.FC(F)c1ccc2ncc(-c3cc(N4CC5(CCCNC5)C4)ncn3)n2n1.FC(F)c1ccc2ncc(-c3cc(N4CC5(CNCCO5)C4)ncn3)n2n1.FC(F)c1ccc2ncc(-c3cc(N4CCOC5CNCCC54)ncn3)n2n1.N[C@H]1CCCN(c2cc(-c3cnc4ccc(C(F)F)nn34)ncn2)C1. The number of imidazole rings is 5. The summed E-state index contributed by atoms with van der Waals surface area (Å²) in [5.41, 5.74) is 19.0. The summed E-state index contributed by atoms with van der Waals surface area (Å²) >= 11 is 0. The van der Waals surface area contributed by atoms with Crippen molar-refractivity contribution in [1.82, 2.24) is 139 Å². The van der Waals surface area contributed by atoms with Crippen LogP contribution in [-0.4, -0.2) is 264 Å². The number of morpholine rings is 2. The quantitative estimate of drug-likeness (QED) is 0.0596. The average Bonchev–Trinajstić information content (AvgIpc) is 1.42. The number of piperidine rings is 4. The summed E-state index contributed by atoms with van der Waals surface area (Å²) in [5.74, 6) is 3.93. The van der Waals surface area contributed by atoms with Crippen LogP contribution in [0.5, 0.6) is 0 Å². The van der Waals surface area contributed by atoms with E-state index in [9.17, 15) is 43.9 Å². The van der Waals surface area contributed by atoms with E-state index in [0.717, 1.165) is 153 Å². The Morgan fingerprint density at radius 1 is 0.376 bits per heavy atom. The van der Waals surface area contributed by atoms with Crippen molar-refractivity contribution in [2.24, 2.45) is 16.9 Å². The molecule has 0 aromatic carbocycles. The second-order valence-corrected chi connectivity index (χ2v) is 33.7. The van der Waals surface area contributed by atoms with Crippen molar-refractivity contribution in [3.8, 4) is 56.9 Å². The van der Waals surface area contributed by atoms with E-state index >= 15 is 0 Å². The third-order valence-corrected chi connectivity index (χ3v) is 24.7. The lowest BCUT2D eigenvalue weighted by molar-refractivity contribution is -0.0831. The van der Waals surface area contributed by atoms with E-state index in [1.54, 1.807) is 31.0 Å². The summed E-state index contributed by atoms with van der Waals surface area (Å²) in [7, 11) is 0. The predicted octanol–water partition coefficient (Wildman–Crippen LogP) is 9.80. The van der Waals surface area contributed by atoms with E-state index in [1.165, 1.54) is 128 Å². The Kier molecular flexibility index (Phi) is 25.6. The summed E-state index contributed by atoms with van der Waals surface area (Å²) in [6.07, 6.45) is 9.65. The van der Waals surface area contributed by atoms with Gasteiger partial charge in [0.2, 0.25) is 0 Å². The molecule has 133 heavy (non-hydrogen) atoms. The third kappa shape index (κ3) is 19.1. The maximum atomic E-state index is 13.1. The number of fused-ring (bicyclic) bond motifs is 6. The van der Waals surface area contributed by atoms with Crippen LogP contribution in [0.25, 0.3) is 85.2 Å². The summed E-state index contributed by atoms with van der Waals surface area (Å²) in [5, 5.41) is 30.2. The molecule has 15 aromatic heterocycles. The van der Waals surface area contributed by atoms with Crippen molar-refractivity contribution in [1.29, 1.82) is 0 Å². The average molecular weight is 1840 g/mol. The Labute approximate surface area is 751 Å². The molecule has 692 valence electrons. The number of halogens is 10. The first-order chi connectivity index (χ1) is 64.6. The molecule has 4 unspecified atom stereocenters. The predicted molar refractivity (Wildman–Crippen MR) is 467 cm³/mol. The van der Waals surface area contributed by atoms with Gasteiger partial charge in [-0.25, -0.2) is 141 Å². The molecule has 5 atom stereocenters. The van der Waals surface area contributed by atoms with Gasteiger partial charge in [0.25, 0.3) is 32.1 Å². The third-order valence-electron chi connectivity index (χ3n) is 24.7. The smallest absolute Gasteiger partial charge is 0.282 e. The molecule has 15 aromatic rings. The molecule has 2 spiro atoms. The van der Waals surface area contributed by atoms with Crippen LogP contribution in [0.3, 0.4) is 0 Å². The van der Waals surface area contributed by atoms with Crippen LogP contribution in [0.4, 0.5) is 73.0 Å². The minimum Gasteiger partial charge on any atom is -0.373 e. The maximum absolute atomic E-state index is 13.1. The number of nitrogens with two attached hydrogens (primary N) is 2. The van der Waals surface area contributed by atoms with E-state index < -0.39 is 32.1 Å². The first-order valence-corrected chi connectivity index (χ1v) is 43.6. The highest BCUT2D eigenvalue weighted by Crippen LogP contribution is 2.41. The maximum Gasteiger partial charge on any atom is 0.282 e. The fourth-order valence-corrected chi connectivity index (χ4v) is 17.9. The van der Waals surface area contributed by atoms with Crippen LogP contribution < -0.4 is 51.9 Å². The Morgan fingerprint density at radius 2 is 0.767 bits per heavy atom. The molecule has 8 aliphatic heterocycles. The number of rotatable bonds is 15. The largest absolute Gasteiger partial charge is 0.373 e. The Bertz CT molecular complexity index is 6410. The van der Waals surface area contributed by atoms with Crippen LogP contribution in [0.15, 0.2) is 154 Å². The molecule has 0 bridgehead atoms. The fourth-order valence-electron chi connectivity index (χ4n) is 17.9. The summed E-state index contributed by atoms with van der Waals surface area (Å²) in [6.45, 7) is 15.6. The van der Waals surface area contributed by atoms with E-state index in [0.29, 0.717) is 110 Å². The molecule has 23 rings (SSSR count). The van der Waals surface area contributed by atoms with Crippen molar-refractivity contribution in [2.45, 2.75) is 120 Å². The minimum absolute atomic E-state index is 0.107. The van der Waals surface area contributed by atoms with Gasteiger partial charge in [0.05, 0.1) is 97.9 Å². The minimum atomic E-state index is -2.65. The molecule has 0 aliphatic carbocycles. The van der Waals surface area contributed by atoms with Crippen molar-refractivity contribution in [2.75, 3.05) is 129 Å². The van der Waals surface area contributed by atoms with Gasteiger partial charge in [0, 0.05) is 119 Å². The molecule has 0 radical (unpaired) electrons. The summed E-state index contributed by atoms with van der Waals surface area (Å²) in [4.78, 5) is 75.4. The molecule has 0 amide bonds. The van der Waals surface area contributed by atoms with Gasteiger partial charge in [-0.3, -0.25) is 0 Å². The molecule has 47 heteroatoms. The zero-order chi connectivity index (χ0) is 91.6. The van der Waals surface area contributed by atoms with Gasteiger partial charge >= 0.3 is 0 Å². The van der Waals surface area contributed by atoms with Crippen LogP contribution in [0.2, 0.25) is 0 Å². The Balaban J connectivity index is 0.000000107. The van der Waals surface area contributed by atoms with Crippen molar-refractivity contribution >= 4 is 57.3 Å². The van der Waals surface area contributed by atoms with Gasteiger partial charge in [-0.2, -0.15) is 25.5 Å². The lowest BCUT2D eigenvalue weighted by atomic mass is 9.74. The zero-order valence-corrected chi connectivity index (χ0v) is 71.6.